The van der Waals surface area contributed by atoms with Crippen molar-refractivity contribution in [2.75, 3.05) is 6.54 Å². The van der Waals surface area contributed by atoms with Gasteiger partial charge in [-0.1, -0.05) is 12.0 Å². The largest absolute Gasteiger partial charge is 0.303 e. The molecular weight excluding hydrogens is 198 g/mol. The molecule has 0 aliphatic rings. The molecule has 0 fully saturated rings. The summed E-state index contributed by atoms with van der Waals surface area (Å²) in [5.74, 6) is 5.84. The standard InChI is InChI=1S/C13H15N3/c1-3-4-7-14-9-12-10-15-13-11(2)6-5-8-16(12)13/h5-6,8,10,14H,7,9H2,1-2H3. The molecule has 0 radical (unpaired) electrons. The predicted molar refractivity (Wildman–Crippen MR) is 65.1 cm³/mol. The fraction of sp³-hybridized carbons (Fsp3) is 0.308. The fourth-order valence-corrected chi connectivity index (χ4v) is 1.67. The topological polar surface area (TPSA) is 29.3 Å². The van der Waals surface area contributed by atoms with Crippen LogP contribution in [0, 0.1) is 18.8 Å². The van der Waals surface area contributed by atoms with Gasteiger partial charge in [-0.05, 0) is 25.5 Å². The SMILES string of the molecule is CC#CCNCc1cnc2c(C)cccn12. The van der Waals surface area contributed by atoms with Crippen LogP contribution in [0.1, 0.15) is 18.2 Å². The van der Waals surface area contributed by atoms with Gasteiger partial charge < -0.3 is 9.72 Å². The average molecular weight is 213 g/mol. The Bertz CT molecular complexity index is 543. The third-order valence-electron chi connectivity index (χ3n) is 2.50. The smallest absolute Gasteiger partial charge is 0.139 e. The highest BCUT2D eigenvalue weighted by Crippen LogP contribution is 2.10. The molecule has 3 heteroatoms. The number of aryl methyl sites for hydroxylation is 1. The molecule has 0 amide bonds. The minimum absolute atomic E-state index is 0.718. The second kappa shape index (κ2) is 4.82. The Morgan fingerprint density at radius 3 is 3.19 bits per heavy atom. The number of fused-ring (bicyclic) bond motifs is 1. The van der Waals surface area contributed by atoms with Gasteiger partial charge in [-0.15, -0.1) is 5.92 Å². The summed E-state index contributed by atoms with van der Waals surface area (Å²) in [4.78, 5) is 4.40. The highest BCUT2D eigenvalue weighted by Gasteiger charge is 2.03. The van der Waals surface area contributed by atoms with Crippen LogP contribution >= 0.6 is 0 Å². The van der Waals surface area contributed by atoms with E-state index in [0.717, 1.165) is 24.4 Å². The Kier molecular flexibility index (Phi) is 3.23. The molecule has 0 bridgehead atoms. The summed E-state index contributed by atoms with van der Waals surface area (Å²) in [5, 5.41) is 3.27. The van der Waals surface area contributed by atoms with Crippen molar-refractivity contribution in [3.63, 3.8) is 0 Å². The Morgan fingerprint density at radius 2 is 2.38 bits per heavy atom. The van der Waals surface area contributed by atoms with Gasteiger partial charge in [0.1, 0.15) is 5.65 Å². The maximum absolute atomic E-state index is 4.40. The number of imidazole rings is 1. The van der Waals surface area contributed by atoms with E-state index in [2.05, 4.69) is 39.5 Å². The van der Waals surface area contributed by atoms with Crippen LogP contribution < -0.4 is 5.32 Å². The van der Waals surface area contributed by atoms with E-state index in [-0.39, 0.29) is 0 Å². The van der Waals surface area contributed by atoms with E-state index >= 15 is 0 Å². The lowest BCUT2D eigenvalue weighted by atomic mass is 10.3. The zero-order valence-corrected chi connectivity index (χ0v) is 9.62. The number of hydrogen-bond donors (Lipinski definition) is 1. The van der Waals surface area contributed by atoms with E-state index in [0.29, 0.717) is 0 Å². The van der Waals surface area contributed by atoms with Crippen molar-refractivity contribution in [1.82, 2.24) is 14.7 Å². The number of aromatic nitrogens is 2. The van der Waals surface area contributed by atoms with E-state index in [4.69, 9.17) is 0 Å². The second-order valence-electron chi connectivity index (χ2n) is 3.66. The predicted octanol–water partition coefficient (Wildman–Crippen LogP) is 1.76. The molecule has 3 nitrogen and oxygen atoms in total. The summed E-state index contributed by atoms with van der Waals surface area (Å²) in [6, 6.07) is 4.11. The first-order chi connectivity index (χ1) is 7.83. The number of rotatable bonds is 3. The van der Waals surface area contributed by atoms with Crippen LogP contribution in [0.4, 0.5) is 0 Å². The van der Waals surface area contributed by atoms with Crippen molar-refractivity contribution >= 4 is 5.65 Å². The Morgan fingerprint density at radius 1 is 1.50 bits per heavy atom. The highest BCUT2D eigenvalue weighted by atomic mass is 15.0. The summed E-state index contributed by atoms with van der Waals surface area (Å²) >= 11 is 0. The maximum atomic E-state index is 4.40. The van der Waals surface area contributed by atoms with Gasteiger partial charge >= 0.3 is 0 Å². The van der Waals surface area contributed by atoms with Crippen LogP contribution in [-0.4, -0.2) is 15.9 Å². The lowest BCUT2D eigenvalue weighted by molar-refractivity contribution is 0.742. The molecule has 2 rings (SSSR count). The van der Waals surface area contributed by atoms with Crippen molar-refractivity contribution in [2.45, 2.75) is 20.4 Å². The van der Waals surface area contributed by atoms with Gasteiger partial charge in [0.2, 0.25) is 0 Å². The molecule has 16 heavy (non-hydrogen) atoms. The summed E-state index contributed by atoms with van der Waals surface area (Å²) in [6.45, 7) is 5.43. The van der Waals surface area contributed by atoms with E-state index in [1.165, 1.54) is 5.56 Å². The lowest BCUT2D eigenvalue weighted by Crippen LogP contribution is -2.14. The lowest BCUT2D eigenvalue weighted by Gasteiger charge is -2.02. The Hall–Kier alpha value is -1.79. The molecule has 0 saturated heterocycles. The second-order valence-corrected chi connectivity index (χ2v) is 3.66. The van der Waals surface area contributed by atoms with Crippen LogP contribution in [0.15, 0.2) is 24.5 Å². The van der Waals surface area contributed by atoms with Crippen molar-refractivity contribution in [1.29, 1.82) is 0 Å². The molecule has 0 aliphatic heterocycles. The number of hydrogen-bond acceptors (Lipinski definition) is 2. The van der Waals surface area contributed by atoms with E-state index in [1.54, 1.807) is 0 Å². The van der Waals surface area contributed by atoms with Crippen molar-refractivity contribution < 1.29 is 0 Å². The van der Waals surface area contributed by atoms with Gasteiger partial charge in [0, 0.05) is 12.7 Å². The van der Waals surface area contributed by atoms with Crippen LogP contribution in [0.3, 0.4) is 0 Å². The minimum Gasteiger partial charge on any atom is -0.303 e. The fourth-order valence-electron chi connectivity index (χ4n) is 1.67. The normalized spacial score (nSPS) is 10.1. The third kappa shape index (κ3) is 2.07. The van der Waals surface area contributed by atoms with Gasteiger partial charge in [0.05, 0.1) is 18.4 Å². The maximum Gasteiger partial charge on any atom is 0.139 e. The van der Waals surface area contributed by atoms with Crippen molar-refractivity contribution in [3.05, 3.63) is 35.8 Å². The monoisotopic (exact) mass is 213 g/mol. The molecular formula is C13H15N3. The molecule has 0 aliphatic carbocycles. The third-order valence-corrected chi connectivity index (χ3v) is 2.50. The molecule has 0 unspecified atom stereocenters. The van der Waals surface area contributed by atoms with E-state index < -0.39 is 0 Å². The first-order valence-electron chi connectivity index (χ1n) is 5.35. The molecule has 0 aromatic carbocycles. The molecule has 2 heterocycles. The molecule has 82 valence electrons. The molecule has 2 aromatic heterocycles. The quantitative estimate of drug-likeness (QED) is 0.622. The van der Waals surface area contributed by atoms with Crippen LogP contribution in [0.5, 0.6) is 0 Å². The van der Waals surface area contributed by atoms with Crippen LogP contribution in [0.2, 0.25) is 0 Å². The van der Waals surface area contributed by atoms with Gasteiger partial charge in [-0.3, -0.25) is 0 Å². The zero-order valence-electron chi connectivity index (χ0n) is 9.62. The van der Waals surface area contributed by atoms with E-state index in [1.807, 2.05) is 25.4 Å². The Balaban J connectivity index is 2.18. The molecule has 0 atom stereocenters. The number of nitrogens with zero attached hydrogens (tertiary/aromatic N) is 2. The first-order valence-corrected chi connectivity index (χ1v) is 5.35. The summed E-state index contributed by atoms with van der Waals surface area (Å²) in [7, 11) is 0. The molecule has 0 spiro atoms. The number of nitrogens with one attached hydrogen (secondary N) is 1. The first kappa shape index (κ1) is 10.7. The molecule has 1 N–H and O–H groups in total. The highest BCUT2D eigenvalue weighted by molar-refractivity contribution is 5.48. The van der Waals surface area contributed by atoms with Gasteiger partial charge in [0.15, 0.2) is 0 Å². The van der Waals surface area contributed by atoms with Crippen LogP contribution in [-0.2, 0) is 6.54 Å². The van der Waals surface area contributed by atoms with Gasteiger partial charge in [-0.2, -0.15) is 0 Å². The van der Waals surface area contributed by atoms with E-state index in [9.17, 15) is 0 Å². The number of pyridine rings is 1. The Labute approximate surface area is 95.5 Å². The summed E-state index contributed by atoms with van der Waals surface area (Å²) < 4.78 is 2.11. The van der Waals surface area contributed by atoms with Crippen LogP contribution in [0.25, 0.3) is 5.65 Å². The molecule has 2 aromatic rings. The van der Waals surface area contributed by atoms with Crippen molar-refractivity contribution in [2.24, 2.45) is 0 Å². The van der Waals surface area contributed by atoms with Gasteiger partial charge in [0.25, 0.3) is 0 Å². The summed E-state index contributed by atoms with van der Waals surface area (Å²) in [6.07, 6.45) is 3.95. The van der Waals surface area contributed by atoms with Gasteiger partial charge in [-0.25, -0.2) is 4.98 Å². The zero-order chi connectivity index (χ0) is 11.4. The van der Waals surface area contributed by atoms with Crippen molar-refractivity contribution in [3.8, 4) is 11.8 Å². The summed E-state index contributed by atoms with van der Waals surface area (Å²) in [5.41, 5.74) is 3.39. The average Bonchev–Trinajstić information content (AvgIpc) is 2.70. The minimum atomic E-state index is 0.718. The molecule has 0 saturated carbocycles.